The van der Waals surface area contributed by atoms with Gasteiger partial charge in [-0.05, 0) is 35.4 Å². The lowest BCUT2D eigenvalue weighted by Crippen LogP contribution is -2.23. The second-order valence-electron chi connectivity index (χ2n) is 5.09. The van der Waals surface area contributed by atoms with Gasteiger partial charge in [-0.2, -0.15) is 9.36 Å². The first-order valence-corrected chi connectivity index (χ1v) is 8.07. The summed E-state index contributed by atoms with van der Waals surface area (Å²) >= 11 is 1.50. The summed E-state index contributed by atoms with van der Waals surface area (Å²) in [5.74, 6) is 0. The second kappa shape index (κ2) is 6.33. The molecule has 2 heterocycles. The number of tetrazole rings is 1. The molecule has 7 nitrogen and oxygen atoms in total. The molecule has 2 aromatic heterocycles. The monoisotopic (exact) mass is 331 g/mol. The number of hydrogen-bond donors (Lipinski definition) is 0. The number of aromatic nitrogens is 5. The van der Waals surface area contributed by atoms with E-state index >= 15 is 0 Å². The lowest BCUT2D eigenvalue weighted by atomic mass is 10.0. The Morgan fingerprint density at radius 2 is 2.13 bits per heavy atom. The van der Waals surface area contributed by atoms with Crippen LogP contribution in [0.5, 0.6) is 5.19 Å². The summed E-state index contributed by atoms with van der Waals surface area (Å²) in [5, 5.41) is 8.32. The SMILES string of the molecule is CCc1cccc(-n2nnn(C)c2=O)c1COc1ncc(C)s1. The minimum atomic E-state index is -0.287. The molecule has 0 radical (unpaired) electrons. The molecule has 0 aliphatic rings. The molecule has 3 aromatic rings. The van der Waals surface area contributed by atoms with Gasteiger partial charge in [-0.1, -0.05) is 30.4 Å². The van der Waals surface area contributed by atoms with Crippen molar-refractivity contribution in [3.63, 3.8) is 0 Å². The highest BCUT2D eigenvalue weighted by Gasteiger charge is 2.15. The van der Waals surface area contributed by atoms with Gasteiger partial charge in [0.05, 0.1) is 5.69 Å². The highest BCUT2D eigenvalue weighted by molar-refractivity contribution is 7.13. The summed E-state index contributed by atoms with van der Waals surface area (Å²) in [4.78, 5) is 17.4. The molecule has 3 rings (SSSR count). The number of hydrogen-bond acceptors (Lipinski definition) is 6. The summed E-state index contributed by atoms with van der Waals surface area (Å²) in [6, 6.07) is 5.78. The number of nitrogens with zero attached hydrogens (tertiary/aromatic N) is 5. The number of rotatable bonds is 5. The summed E-state index contributed by atoms with van der Waals surface area (Å²) < 4.78 is 8.30. The number of ether oxygens (including phenoxy) is 1. The highest BCUT2D eigenvalue weighted by Crippen LogP contribution is 2.24. The number of thiazole rings is 1. The summed E-state index contributed by atoms with van der Waals surface area (Å²) in [7, 11) is 1.57. The Morgan fingerprint density at radius 1 is 1.30 bits per heavy atom. The molecule has 120 valence electrons. The van der Waals surface area contributed by atoms with Crippen molar-refractivity contribution < 1.29 is 4.74 Å². The molecule has 23 heavy (non-hydrogen) atoms. The summed E-state index contributed by atoms with van der Waals surface area (Å²) in [6.07, 6.45) is 2.61. The normalized spacial score (nSPS) is 10.9. The average Bonchev–Trinajstić information content (AvgIpc) is 3.11. The van der Waals surface area contributed by atoms with E-state index in [0.29, 0.717) is 17.5 Å². The number of benzene rings is 1. The van der Waals surface area contributed by atoms with Crippen LogP contribution in [0.25, 0.3) is 5.69 Å². The van der Waals surface area contributed by atoms with Crippen LogP contribution in [-0.4, -0.2) is 24.8 Å². The first-order chi connectivity index (χ1) is 11.1. The molecule has 8 heteroatoms. The Morgan fingerprint density at radius 3 is 2.74 bits per heavy atom. The van der Waals surface area contributed by atoms with Crippen molar-refractivity contribution in [3.8, 4) is 10.9 Å². The fraction of sp³-hybridized carbons (Fsp3) is 0.333. The number of aryl methyl sites for hydroxylation is 3. The average molecular weight is 331 g/mol. The standard InChI is InChI=1S/C15H17N5O2S/c1-4-11-6-5-7-13(20-15(21)19(3)17-18-20)12(11)9-22-14-16-8-10(2)23-14/h5-8H,4,9H2,1-3H3. The fourth-order valence-electron chi connectivity index (χ4n) is 2.32. The first kappa shape index (κ1) is 15.4. The van der Waals surface area contributed by atoms with E-state index in [1.54, 1.807) is 13.2 Å². The summed E-state index contributed by atoms with van der Waals surface area (Å²) in [5.41, 5.74) is 2.43. The third-order valence-electron chi connectivity index (χ3n) is 3.52. The molecular weight excluding hydrogens is 314 g/mol. The largest absolute Gasteiger partial charge is 0.465 e. The Balaban J connectivity index is 2.00. The van der Waals surface area contributed by atoms with Gasteiger partial charge >= 0.3 is 5.69 Å². The van der Waals surface area contributed by atoms with Gasteiger partial charge in [0.25, 0.3) is 5.19 Å². The van der Waals surface area contributed by atoms with E-state index < -0.39 is 0 Å². The smallest absolute Gasteiger partial charge is 0.368 e. The van der Waals surface area contributed by atoms with E-state index in [-0.39, 0.29) is 5.69 Å². The highest BCUT2D eigenvalue weighted by atomic mass is 32.1. The maximum absolute atomic E-state index is 12.1. The first-order valence-electron chi connectivity index (χ1n) is 7.25. The van der Waals surface area contributed by atoms with Crippen LogP contribution in [0.3, 0.4) is 0 Å². The van der Waals surface area contributed by atoms with Crippen LogP contribution in [0, 0.1) is 6.92 Å². The van der Waals surface area contributed by atoms with E-state index in [0.717, 1.165) is 22.4 Å². The Kier molecular flexibility index (Phi) is 4.24. The van der Waals surface area contributed by atoms with Crippen LogP contribution in [0.4, 0.5) is 0 Å². The van der Waals surface area contributed by atoms with Crippen LogP contribution in [-0.2, 0) is 20.1 Å². The van der Waals surface area contributed by atoms with Crippen LogP contribution in [0.2, 0.25) is 0 Å². The maximum atomic E-state index is 12.1. The van der Waals surface area contributed by atoms with E-state index in [1.165, 1.54) is 20.7 Å². The zero-order chi connectivity index (χ0) is 16.4. The minimum Gasteiger partial charge on any atom is -0.465 e. The molecule has 0 aliphatic heterocycles. The molecule has 0 aliphatic carbocycles. The fourth-order valence-corrected chi connectivity index (χ4v) is 2.92. The lowest BCUT2D eigenvalue weighted by Gasteiger charge is -2.12. The molecule has 0 saturated heterocycles. The van der Waals surface area contributed by atoms with Gasteiger partial charge in [-0.15, -0.1) is 0 Å². The van der Waals surface area contributed by atoms with Crippen molar-refractivity contribution in [2.24, 2.45) is 7.05 Å². The topological polar surface area (TPSA) is 74.8 Å². The Labute approximate surface area is 137 Å². The van der Waals surface area contributed by atoms with Gasteiger partial charge < -0.3 is 4.74 Å². The molecule has 0 fully saturated rings. The van der Waals surface area contributed by atoms with Crippen molar-refractivity contribution in [1.82, 2.24) is 24.8 Å². The summed E-state index contributed by atoms with van der Waals surface area (Å²) in [6.45, 7) is 4.37. The minimum absolute atomic E-state index is 0.287. The van der Waals surface area contributed by atoms with Crippen molar-refractivity contribution in [1.29, 1.82) is 0 Å². The predicted molar refractivity (Wildman–Crippen MR) is 87.2 cm³/mol. The quantitative estimate of drug-likeness (QED) is 0.713. The Bertz CT molecular complexity index is 880. The van der Waals surface area contributed by atoms with E-state index in [2.05, 4.69) is 22.3 Å². The van der Waals surface area contributed by atoms with Gasteiger partial charge in [0.15, 0.2) is 0 Å². The molecule has 0 amide bonds. The Hall–Kier alpha value is -2.48. The van der Waals surface area contributed by atoms with Gasteiger partial charge in [0.1, 0.15) is 6.61 Å². The van der Waals surface area contributed by atoms with Gasteiger partial charge in [-0.3, -0.25) is 0 Å². The van der Waals surface area contributed by atoms with Crippen LogP contribution < -0.4 is 10.4 Å². The third kappa shape index (κ3) is 3.02. The van der Waals surface area contributed by atoms with Crippen molar-refractivity contribution >= 4 is 11.3 Å². The molecule has 0 saturated carbocycles. The maximum Gasteiger partial charge on any atom is 0.368 e. The molecule has 0 N–H and O–H groups in total. The van der Waals surface area contributed by atoms with Gasteiger partial charge in [-0.25, -0.2) is 9.78 Å². The molecule has 0 unspecified atom stereocenters. The van der Waals surface area contributed by atoms with Crippen LogP contribution in [0.15, 0.2) is 29.2 Å². The third-order valence-corrected chi connectivity index (χ3v) is 4.34. The molecular formula is C15H17N5O2S. The van der Waals surface area contributed by atoms with E-state index in [1.807, 2.05) is 25.1 Å². The predicted octanol–water partition coefficient (Wildman–Crippen LogP) is 1.87. The van der Waals surface area contributed by atoms with E-state index in [9.17, 15) is 4.79 Å². The van der Waals surface area contributed by atoms with Crippen molar-refractivity contribution in [2.45, 2.75) is 26.9 Å². The molecule has 0 atom stereocenters. The molecule has 0 bridgehead atoms. The lowest BCUT2D eigenvalue weighted by molar-refractivity contribution is 0.302. The van der Waals surface area contributed by atoms with Crippen LogP contribution >= 0.6 is 11.3 Å². The van der Waals surface area contributed by atoms with Crippen molar-refractivity contribution in [2.75, 3.05) is 0 Å². The van der Waals surface area contributed by atoms with Gasteiger partial charge in [0.2, 0.25) is 0 Å². The second-order valence-corrected chi connectivity index (χ2v) is 6.29. The zero-order valence-corrected chi connectivity index (χ0v) is 14.0. The molecule has 0 spiro atoms. The van der Waals surface area contributed by atoms with Crippen molar-refractivity contribution in [3.05, 3.63) is 50.9 Å². The van der Waals surface area contributed by atoms with Crippen LogP contribution in [0.1, 0.15) is 22.9 Å². The molecule has 1 aromatic carbocycles. The van der Waals surface area contributed by atoms with Gasteiger partial charge in [0, 0.05) is 23.7 Å². The zero-order valence-electron chi connectivity index (χ0n) is 13.2. The van der Waals surface area contributed by atoms with E-state index in [4.69, 9.17) is 4.74 Å².